The molecule has 1 saturated heterocycles. The van der Waals surface area contributed by atoms with Gasteiger partial charge in [-0.3, -0.25) is 4.79 Å². The summed E-state index contributed by atoms with van der Waals surface area (Å²) >= 11 is 0. The van der Waals surface area contributed by atoms with Crippen LogP contribution in [-0.4, -0.2) is 35.7 Å². The Labute approximate surface area is 112 Å². The van der Waals surface area contributed by atoms with Crippen LogP contribution in [0.4, 0.5) is 0 Å². The van der Waals surface area contributed by atoms with E-state index >= 15 is 0 Å². The maximum atomic E-state index is 11.4. The topological polar surface area (TPSA) is 74.5 Å². The van der Waals surface area contributed by atoms with Crippen LogP contribution >= 0.6 is 0 Å². The average molecular weight is 268 g/mol. The standard InChI is InChI=1S/C13H20N2O4/c1-4-18-13(5-7-17-8-6-13)12-14-11(19-15-12)9(2)10(3)16/h9H,4-8H2,1-3H3. The van der Waals surface area contributed by atoms with Crippen molar-refractivity contribution in [1.82, 2.24) is 10.1 Å². The maximum absolute atomic E-state index is 11.4. The molecule has 19 heavy (non-hydrogen) atoms. The van der Waals surface area contributed by atoms with Crippen LogP contribution in [0.2, 0.25) is 0 Å². The molecule has 0 N–H and O–H groups in total. The third-order valence-corrected chi connectivity index (χ3v) is 3.55. The molecule has 1 aliphatic rings. The summed E-state index contributed by atoms with van der Waals surface area (Å²) in [6.07, 6.45) is 1.41. The number of carbonyl (C=O) groups is 1. The fourth-order valence-electron chi connectivity index (χ4n) is 2.18. The van der Waals surface area contributed by atoms with Crippen molar-refractivity contribution in [2.75, 3.05) is 19.8 Å². The SMILES string of the molecule is CCOC1(c2noc(C(C)C(C)=O)n2)CCOCC1. The lowest BCUT2D eigenvalue weighted by Crippen LogP contribution is -2.37. The fourth-order valence-corrected chi connectivity index (χ4v) is 2.18. The fraction of sp³-hybridized carbons (Fsp3) is 0.769. The number of ether oxygens (including phenoxy) is 2. The second-order valence-electron chi connectivity index (χ2n) is 4.83. The lowest BCUT2D eigenvalue weighted by molar-refractivity contribution is -0.119. The van der Waals surface area contributed by atoms with E-state index in [9.17, 15) is 4.79 Å². The summed E-state index contributed by atoms with van der Waals surface area (Å²) in [6.45, 7) is 7.03. The highest BCUT2D eigenvalue weighted by atomic mass is 16.5. The second kappa shape index (κ2) is 5.79. The van der Waals surface area contributed by atoms with Crippen molar-refractivity contribution < 1.29 is 18.8 Å². The number of rotatable bonds is 5. The number of hydrogen-bond donors (Lipinski definition) is 0. The first-order valence-electron chi connectivity index (χ1n) is 6.65. The summed E-state index contributed by atoms with van der Waals surface area (Å²) in [5, 5.41) is 4.02. The van der Waals surface area contributed by atoms with Crippen LogP contribution in [0.15, 0.2) is 4.52 Å². The van der Waals surface area contributed by atoms with Crippen LogP contribution < -0.4 is 0 Å². The lowest BCUT2D eigenvalue weighted by atomic mass is 9.93. The summed E-state index contributed by atoms with van der Waals surface area (Å²) in [7, 11) is 0. The first kappa shape index (κ1) is 14.1. The number of Topliss-reactive ketones (excluding diaryl/α,β-unsaturated/α-hetero) is 1. The third-order valence-electron chi connectivity index (χ3n) is 3.55. The van der Waals surface area contributed by atoms with Gasteiger partial charge >= 0.3 is 0 Å². The predicted molar refractivity (Wildman–Crippen MR) is 66.8 cm³/mol. The van der Waals surface area contributed by atoms with E-state index in [0.717, 1.165) is 0 Å². The van der Waals surface area contributed by atoms with Gasteiger partial charge in [-0.1, -0.05) is 5.16 Å². The van der Waals surface area contributed by atoms with E-state index in [1.807, 2.05) is 6.92 Å². The van der Waals surface area contributed by atoms with Crippen LogP contribution in [0.25, 0.3) is 0 Å². The monoisotopic (exact) mass is 268 g/mol. The molecular weight excluding hydrogens is 248 g/mol. The molecule has 2 heterocycles. The number of carbonyl (C=O) groups excluding carboxylic acids is 1. The Hall–Kier alpha value is -1.27. The molecule has 0 spiro atoms. The lowest BCUT2D eigenvalue weighted by Gasteiger charge is -2.33. The van der Waals surface area contributed by atoms with Gasteiger partial charge < -0.3 is 14.0 Å². The zero-order valence-electron chi connectivity index (χ0n) is 11.6. The van der Waals surface area contributed by atoms with E-state index in [1.54, 1.807) is 6.92 Å². The summed E-state index contributed by atoms with van der Waals surface area (Å²) in [5.74, 6) is 0.515. The van der Waals surface area contributed by atoms with E-state index in [1.165, 1.54) is 6.92 Å². The van der Waals surface area contributed by atoms with Gasteiger partial charge in [-0.15, -0.1) is 0 Å². The van der Waals surface area contributed by atoms with Crippen molar-refractivity contribution in [3.63, 3.8) is 0 Å². The molecule has 0 radical (unpaired) electrons. The van der Waals surface area contributed by atoms with Gasteiger partial charge in [0, 0.05) is 32.7 Å². The van der Waals surface area contributed by atoms with Gasteiger partial charge in [-0.05, 0) is 20.8 Å². The minimum atomic E-state index is -0.536. The molecule has 106 valence electrons. The highest BCUT2D eigenvalue weighted by molar-refractivity contribution is 5.81. The minimum Gasteiger partial charge on any atom is -0.381 e. The van der Waals surface area contributed by atoms with Crippen LogP contribution in [0, 0.1) is 0 Å². The molecule has 1 aliphatic heterocycles. The second-order valence-corrected chi connectivity index (χ2v) is 4.83. The molecule has 6 nitrogen and oxygen atoms in total. The van der Waals surface area contributed by atoms with Gasteiger partial charge in [0.25, 0.3) is 0 Å². The first-order valence-corrected chi connectivity index (χ1v) is 6.65. The highest BCUT2D eigenvalue weighted by Crippen LogP contribution is 2.34. The van der Waals surface area contributed by atoms with E-state index in [4.69, 9.17) is 14.0 Å². The molecule has 0 saturated carbocycles. The van der Waals surface area contributed by atoms with E-state index in [-0.39, 0.29) is 11.7 Å². The Balaban J connectivity index is 2.25. The number of aromatic nitrogens is 2. The average Bonchev–Trinajstić information content (AvgIpc) is 2.89. The molecule has 0 aromatic carbocycles. The molecule has 2 rings (SSSR count). The van der Waals surface area contributed by atoms with E-state index < -0.39 is 5.60 Å². The molecule has 1 aromatic rings. The zero-order valence-corrected chi connectivity index (χ0v) is 11.6. The quantitative estimate of drug-likeness (QED) is 0.810. The molecule has 1 fully saturated rings. The van der Waals surface area contributed by atoms with Gasteiger partial charge in [0.05, 0.1) is 5.92 Å². The van der Waals surface area contributed by atoms with Crippen molar-refractivity contribution >= 4 is 5.78 Å². The molecule has 0 amide bonds. The summed E-state index contributed by atoms with van der Waals surface area (Å²) in [6, 6.07) is 0. The maximum Gasteiger partial charge on any atom is 0.237 e. The first-order chi connectivity index (χ1) is 9.09. The molecular formula is C13H20N2O4. The van der Waals surface area contributed by atoms with Crippen molar-refractivity contribution in [2.24, 2.45) is 0 Å². The summed E-state index contributed by atoms with van der Waals surface area (Å²) in [5.41, 5.74) is -0.536. The Kier molecular flexibility index (Phi) is 4.31. The Bertz CT molecular complexity index is 432. The molecule has 0 aliphatic carbocycles. The molecule has 1 atom stereocenters. The van der Waals surface area contributed by atoms with E-state index in [2.05, 4.69) is 10.1 Å². The Morgan fingerprint density at radius 3 is 2.74 bits per heavy atom. The van der Waals surface area contributed by atoms with Gasteiger partial charge in [0.15, 0.2) is 0 Å². The van der Waals surface area contributed by atoms with Crippen molar-refractivity contribution in [1.29, 1.82) is 0 Å². The molecule has 0 bridgehead atoms. The zero-order chi connectivity index (χ0) is 13.9. The Morgan fingerprint density at radius 1 is 1.47 bits per heavy atom. The normalized spacial score (nSPS) is 20.2. The highest BCUT2D eigenvalue weighted by Gasteiger charge is 2.40. The van der Waals surface area contributed by atoms with Crippen molar-refractivity contribution in [3.05, 3.63) is 11.7 Å². The summed E-state index contributed by atoms with van der Waals surface area (Å²) in [4.78, 5) is 15.7. The predicted octanol–water partition coefficient (Wildman–Crippen LogP) is 1.80. The Morgan fingerprint density at radius 2 is 2.16 bits per heavy atom. The molecule has 1 unspecified atom stereocenters. The van der Waals surface area contributed by atoms with Crippen LogP contribution in [0.3, 0.4) is 0 Å². The van der Waals surface area contributed by atoms with Crippen molar-refractivity contribution in [2.45, 2.75) is 45.1 Å². The van der Waals surface area contributed by atoms with Crippen LogP contribution in [-0.2, 0) is 19.9 Å². The largest absolute Gasteiger partial charge is 0.381 e. The van der Waals surface area contributed by atoms with Gasteiger partial charge in [0.1, 0.15) is 11.4 Å². The number of hydrogen-bond acceptors (Lipinski definition) is 6. The van der Waals surface area contributed by atoms with Crippen molar-refractivity contribution in [3.8, 4) is 0 Å². The number of ketones is 1. The van der Waals surface area contributed by atoms with Gasteiger partial charge in [-0.25, -0.2) is 0 Å². The van der Waals surface area contributed by atoms with E-state index in [0.29, 0.717) is 44.4 Å². The van der Waals surface area contributed by atoms with Crippen LogP contribution in [0.5, 0.6) is 0 Å². The third kappa shape index (κ3) is 2.84. The van der Waals surface area contributed by atoms with Gasteiger partial charge in [0.2, 0.25) is 11.7 Å². The number of nitrogens with zero attached hydrogens (tertiary/aromatic N) is 2. The molecule has 1 aromatic heterocycles. The molecule has 6 heteroatoms. The summed E-state index contributed by atoms with van der Waals surface area (Å²) < 4.78 is 16.4. The smallest absolute Gasteiger partial charge is 0.237 e. The minimum absolute atomic E-state index is 0.00707. The van der Waals surface area contributed by atoms with Crippen LogP contribution in [0.1, 0.15) is 51.2 Å². The van der Waals surface area contributed by atoms with Gasteiger partial charge in [-0.2, -0.15) is 4.98 Å².